The van der Waals surface area contributed by atoms with E-state index in [2.05, 4.69) is 10.6 Å². The molecule has 2 saturated carbocycles. The van der Waals surface area contributed by atoms with E-state index in [0.717, 1.165) is 38.5 Å². The number of ether oxygens (including phenoxy) is 6. The SMILES string of the molecule is O=C(N[C@H]1COCC1=O)O[C@@H](CC1CCCCC1)C(=O)N1CCOCC1.O=C(N[C@H]1COC[C@@H]1O)O[C@@H](CC1CCCCC1)C(=O)N1CCOCC1. The van der Waals surface area contributed by atoms with Crippen LogP contribution in [0.1, 0.15) is 77.0 Å². The Balaban J connectivity index is 0.000000201. The van der Waals surface area contributed by atoms with E-state index in [9.17, 15) is 29.1 Å². The molecule has 2 aliphatic carbocycles. The molecule has 6 aliphatic rings. The number of nitrogens with zero attached hydrogens (tertiary/aromatic N) is 2. The van der Waals surface area contributed by atoms with Gasteiger partial charge in [0.15, 0.2) is 18.0 Å². The number of hydrogen-bond acceptors (Lipinski definition) is 12. The minimum atomic E-state index is -0.811. The van der Waals surface area contributed by atoms with E-state index >= 15 is 0 Å². The lowest BCUT2D eigenvalue weighted by molar-refractivity contribution is -0.146. The van der Waals surface area contributed by atoms with Crippen molar-refractivity contribution in [3.05, 3.63) is 0 Å². The first-order valence-corrected chi connectivity index (χ1v) is 19.3. The molecule has 0 spiro atoms. The third-order valence-corrected chi connectivity index (χ3v) is 10.8. The fourth-order valence-electron chi connectivity index (χ4n) is 7.72. The summed E-state index contributed by atoms with van der Waals surface area (Å²) in [6.45, 7) is 4.72. The van der Waals surface area contributed by atoms with Crippen LogP contribution in [-0.2, 0) is 42.8 Å². The second-order valence-electron chi connectivity index (χ2n) is 14.7. The van der Waals surface area contributed by atoms with Gasteiger partial charge < -0.3 is 54.0 Å². The highest BCUT2D eigenvalue weighted by Crippen LogP contribution is 2.30. The molecule has 0 bridgehead atoms. The average Bonchev–Trinajstić information content (AvgIpc) is 3.78. The van der Waals surface area contributed by atoms with Gasteiger partial charge in [0, 0.05) is 26.2 Å². The van der Waals surface area contributed by atoms with Crippen molar-refractivity contribution < 1.29 is 57.5 Å². The summed E-state index contributed by atoms with van der Waals surface area (Å²) in [5.41, 5.74) is 0. The molecule has 4 aliphatic heterocycles. The Morgan fingerprint density at radius 3 is 1.56 bits per heavy atom. The Kier molecular flexibility index (Phi) is 16.2. The summed E-state index contributed by atoms with van der Waals surface area (Å²) in [4.78, 5) is 65.4. The number of nitrogens with one attached hydrogen (secondary N) is 2. The van der Waals surface area contributed by atoms with Crippen molar-refractivity contribution in [1.82, 2.24) is 20.4 Å². The Morgan fingerprint density at radius 2 is 1.13 bits per heavy atom. The van der Waals surface area contributed by atoms with Gasteiger partial charge in [0.25, 0.3) is 11.8 Å². The van der Waals surface area contributed by atoms with Crippen LogP contribution >= 0.6 is 0 Å². The smallest absolute Gasteiger partial charge is 0.408 e. The first-order chi connectivity index (χ1) is 25.3. The normalized spacial score (nSPS) is 27.2. The molecule has 0 unspecified atom stereocenters. The molecule has 0 aromatic heterocycles. The number of rotatable bonds is 10. The molecule has 0 aromatic rings. The molecular weight excluding hydrogens is 680 g/mol. The van der Waals surface area contributed by atoms with Gasteiger partial charge in [-0.2, -0.15) is 0 Å². The van der Waals surface area contributed by atoms with E-state index in [1.54, 1.807) is 9.80 Å². The Morgan fingerprint density at radius 1 is 0.654 bits per heavy atom. The molecule has 0 aromatic carbocycles. The lowest BCUT2D eigenvalue weighted by Crippen LogP contribution is -2.50. The number of morpholine rings is 2. The van der Waals surface area contributed by atoms with Gasteiger partial charge in [-0.3, -0.25) is 14.4 Å². The van der Waals surface area contributed by atoms with E-state index < -0.39 is 42.6 Å². The minimum Gasteiger partial charge on any atom is -0.436 e. The van der Waals surface area contributed by atoms with E-state index in [4.69, 9.17) is 28.4 Å². The summed E-state index contributed by atoms with van der Waals surface area (Å²) in [7, 11) is 0. The number of carbonyl (C=O) groups excluding carboxylic acids is 5. The zero-order valence-electron chi connectivity index (χ0n) is 30.3. The third-order valence-electron chi connectivity index (χ3n) is 10.8. The summed E-state index contributed by atoms with van der Waals surface area (Å²) in [6, 6.07) is -1.17. The molecule has 52 heavy (non-hydrogen) atoms. The molecule has 4 heterocycles. The molecule has 0 radical (unpaired) electrons. The van der Waals surface area contributed by atoms with Crippen LogP contribution < -0.4 is 10.6 Å². The number of aliphatic hydroxyl groups excluding tert-OH is 1. The van der Waals surface area contributed by atoms with Crippen molar-refractivity contribution in [1.29, 1.82) is 0 Å². The van der Waals surface area contributed by atoms with Gasteiger partial charge in [0.05, 0.1) is 58.4 Å². The predicted molar refractivity (Wildman–Crippen MR) is 184 cm³/mol. The molecule has 16 nitrogen and oxygen atoms in total. The van der Waals surface area contributed by atoms with Crippen LogP contribution in [0, 0.1) is 11.8 Å². The highest BCUT2D eigenvalue weighted by atomic mass is 16.6. The first kappa shape index (κ1) is 40.1. The number of ketones is 1. The quantitative estimate of drug-likeness (QED) is 0.294. The van der Waals surface area contributed by atoms with Crippen LogP contribution in [0.2, 0.25) is 0 Å². The standard InChI is InChI=1S/C18H30N2O6.C18H28N2O6/c2*21-15-12-25-11-14(15)19-18(23)26-16(10-13-4-2-1-3-5-13)17(22)20-6-8-24-9-7-20/h13-16,21H,1-12H2,(H,19,23);13-14,16H,1-12H2,(H,19,23)/t14-,15-,16-;14-,16-/m00/s1. The summed E-state index contributed by atoms with van der Waals surface area (Å²) < 4.78 is 31.8. The monoisotopic (exact) mass is 738 g/mol. The third kappa shape index (κ3) is 12.5. The number of carbonyl (C=O) groups is 5. The van der Waals surface area contributed by atoms with Crippen molar-refractivity contribution >= 4 is 29.8 Å². The topological polar surface area (TPSA) is 191 Å². The van der Waals surface area contributed by atoms with E-state index in [1.165, 1.54) is 25.7 Å². The zero-order chi connectivity index (χ0) is 36.7. The van der Waals surface area contributed by atoms with Crippen molar-refractivity contribution in [2.75, 3.05) is 79.0 Å². The molecule has 5 atom stereocenters. The van der Waals surface area contributed by atoms with Crippen LogP contribution in [0.3, 0.4) is 0 Å². The predicted octanol–water partition coefficient (Wildman–Crippen LogP) is 1.55. The summed E-state index contributed by atoms with van der Waals surface area (Å²) in [5, 5.41) is 14.9. The lowest BCUT2D eigenvalue weighted by Gasteiger charge is -2.32. The summed E-state index contributed by atoms with van der Waals surface area (Å²) in [5.74, 6) is 0.320. The highest BCUT2D eigenvalue weighted by molar-refractivity contribution is 5.90. The molecule has 4 saturated heterocycles. The minimum absolute atomic E-state index is 0.00313. The summed E-state index contributed by atoms with van der Waals surface area (Å²) >= 11 is 0. The zero-order valence-corrected chi connectivity index (χ0v) is 30.3. The molecule has 16 heteroatoms. The van der Waals surface area contributed by atoms with Crippen LogP contribution in [0.15, 0.2) is 0 Å². The largest absolute Gasteiger partial charge is 0.436 e. The second-order valence-corrected chi connectivity index (χ2v) is 14.7. The molecule has 6 rings (SSSR count). The van der Waals surface area contributed by atoms with E-state index in [0.29, 0.717) is 77.3 Å². The van der Waals surface area contributed by atoms with Crippen molar-refractivity contribution in [2.45, 2.75) is 107 Å². The molecule has 6 fully saturated rings. The van der Waals surface area contributed by atoms with Gasteiger partial charge in [0.2, 0.25) is 0 Å². The molecular formula is C36H58N4O12. The van der Waals surface area contributed by atoms with Crippen LogP contribution in [0.5, 0.6) is 0 Å². The number of hydrogen-bond donors (Lipinski definition) is 3. The van der Waals surface area contributed by atoms with Crippen molar-refractivity contribution in [3.8, 4) is 0 Å². The van der Waals surface area contributed by atoms with Crippen LogP contribution in [-0.4, -0.2) is 154 Å². The van der Waals surface area contributed by atoms with E-state index in [-0.39, 0.29) is 44.0 Å². The first-order valence-electron chi connectivity index (χ1n) is 19.3. The van der Waals surface area contributed by atoms with Gasteiger partial charge in [-0.25, -0.2) is 9.59 Å². The maximum absolute atomic E-state index is 12.9. The van der Waals surface area contributed by atoms with Crippen molar-refractivity contribution in [3.63, 3.8) is 0 Å². The maximum atomic E-state index is 12.9. The average molecular weight is 739 g/mol. The number of alkyl carbamates (subject to hydrolysis) is 2. The van der Waals surface area contributed by atoms with Gasteiger partial charge in [-0.1, -0.05) is 64.2 Å². The highest BCUT2D eigenvalue weighted by Gasteiger charge is 2.36. The number of amides is 4. The summed E-state index contributed by atoms with van der Waals surface area (Å²) in [6.07, 6.45) is 8.76. The fraction of sp³-hybridized carbons (Fsp3) is 0.861. The molecule has 3 N–H and O–H groups in total. The van der Waals surface area contributed by atoms with Crippen LogP contribution in [0.25, 0.3) is 0 Å². The fourth-order valence-corrected chi connectivity index (χ4v) is 7.72. The van der Waals surface area contributed by atoms with Gasteiger partial charge in [-0.05, 0) is 24.7 Å². The van der Waals surface area contributed by atoms with Gasteiger partial charge in [-0.15, -0.1) is 0 Å². The van der Waals surface area contributed by atoms with E-state index in [1.807, 2.05) is 0 Å². The lowest BCUT2D eigenvalue weighted by atomic mass is 9.85. The second kappa shape index (κ2) is 21.0. The van der Waals surface area contributed by atoms with Gasteiger partial charge in [0.1, 0.15) is 12.6 Å². The Labute approximate surface area is 305 Å². The number of aliphatic hydroxyl groups is 1. The Bertz CT molecular complexity index is 1170. The number of Topliss-reactive ketones (excluding diaryl/α,β-unsaturated/α-hetero) is 1. The maximum Gasteiger partial charge on any atom is 0.408 e. The van der Waals surface area contributed by atoms with Gasteiger partial charge >= 0.3 is 12.2 Å². The molecule has 4 amide bonds. The molecule has 294 valence electrons. The van der Waals surface area contributed by atoms with Crippen molar-refractivity contribution in [2.24, 2.45) is 11.8 Å². The Hall–Kier alpha value is -3.05. The van der Waals surface area contributed by atoms with Crippen LogP contribution in [0.4, 0.5) is 9.59 Å².